The third-order valence-corrected chi connectivity index (χ3v) is 4.25. The number of tetrazole rings is 1. The van der Waals surface area contributed by atoms with Crippen LogP contribution in [0.4, 0.5) is 5.95 Å². The molecule has 0 spiro atoms. The lowest BCUT2D eigenvalue weighted by atomic mass is 9.79. The van der Waals surface area contributed by atoms with Crippen molar-refractivity contribution >= 4 is 11.8 Å². The van der Waals surface area contributed by atoms with Crippen molar-refractivity contribution in [3.63, 3.8) is 0 Å². The molecule has 3 N–H and O–H groups in total. The lowest BCUT2D eigenvalue weighted by Crippen LogP contribution is -2.45. The minimum Gasteiger partial charge on any atom is -0.387 e. The van der Waals surface area contributed by atoms with Gasteiger partial charge in [0.1, 0.15) is 0 Å². The van der Waals surface area contributed by atoms with Crippen LogP contribution in [0.3, 0.4) is 0 Å². The lowest BCUT2D eigenvalue weighted by Gasteiger charge is -2.38. The molecule has 3 rings (SSSR count). The van der Waals surface area contributed by atoms with Crippen molar-refractivity contribution in [1.29, 1.82) is 5.41 Å². The number of nitrogens with two attached hydrogens (primary N) is 1. The maximum atomic E-state index is 7.72. The predicted molar refractivity (Wildman–Crippen MR) is 80.6 cm³/mol. The second-order valence-corrected chi connectivity index (χ2v) is 5.69. The first-order chi connectivity index (χ1) is 10.1. The predicted octanol–water partition coefficient (Wildman–Crippen LogP) is 1.20. The second-order valence-electron chi connectivity index (χ2n) is 5.69. The van der Waals surface area contributed by atoms with Crippen LogP contribution < -0.4 is 10.6 Å². The molecule has 1 fully saturated rings. The molecule has 0 bridgehead atoms. The molecule has 0 radical (unpaired) electrons. The molecule has 0 atom stereocenters. The van der Waals surface area contributed by atoms with Crippen LogP contribution in [0.15, 0.2) is 30.3 Å². The number of hydrogen-bond donors (Lipinski definition) is 2. The third kappa shape index (κ3) is 2.46. The molecular formula is C14H19N7. The van der Waals surface area contributed by atoms with Gasteiger partial charge in [-0.15, -0.1) is 0 Å². The monoisotopic (exact) mass is 285 g/mol. The van der Waals surface area contributed by atoms with E-state index in [4.69, 9.17) is 11.1 Å². The van der Waals surface area contributed by atoms with E-state index in [1.165, 1.54) is 0 Å². The lowest BCUT2D eigenvalue weighted by molar-refractivity contribution is 0.348. The van der Waals surface area contributed by atoms with Crippen molar-refractivity contribution in [3.8, 4) is 5.69 Å². The summed E-state index contributed by atoms with van der Waals surface area (Å²) < 4.78 is 1.75. The Labute approximate surface area is 123 Å². The van der Waals surface area contributed by atoms with E-state index in [0.717, 1.165) is 37.6 Å². The van der Waals surface area contributed by atoms with Gasteiger partial charge in [-0.05, 0) is 35.4 Å². The van der Waals surface area contributed by atoms with Gasteiger partial charge in [0.05, 0.1) is 11.5 Å². The van der Waals surface area contributed by atoms with Crippen LogP contribution in [-0.2, 0) is 0 Å². The summed E-state index contributed by atoms with van der Waals surface area (Å²) in [7, 11) is 0. The van der Waals surface area contributed by atoms with Crippen LogP contribution in [0.2, 0.25) is 0 Å². The molecule has 1 aliphatic heterocycles. The fourth-order valence-corrected chi connectivity index (χ4v) is 2.59. The summed E-state index contributed by atoms with van der Waals surface area (Å²) in [6.07, 6.45) is 1.67. The van der Waals surface area contributed by atoms with Gasteiger partial charge in [-0.1, -0.05) is 30.2 Å². The van der Waals surface area contributed by atoms with Gasteiger partial charge in [-0.3, -0.25) is 5.41 Å². The van der Waals surface area contributed by atoms with E-state index in [2.05, 4.69) is 20.4 Å². The minimum absolute atomic E-state index is 0.207. The Morgan fingerprint density at radius 3 is 2.52 bits per heavy atom. The largest absolute Gasteiger partial charge is 0.387 e. The second kappa shape index (κ2) is 5.16. The number of amidine groups is 1. The summed E-state index contributed by atoms with van der Waals surface area (Å²) in [4.78, 5) is 2.15. The number of piperidine rings is 1. The summed E-state index contributed by atoms with van der Waals surface area (Å²) in [6, 6.07) is 9.84. The molecule has 2 aromatic rings. The Balaban J connectivity index is 1.81. The van der Waals surface area contributed by atoms with Crippen LogP contribution in [0, 0.1) is 10.8 Å². The molecule has 21 heavy (non-hydrogen) atoms. The number of aromatic nitrogens is 4. The van der Waals surface area contributed by atoms with Crippen LogP contribution in [0.5, 0.6) is 0 Å². The van der Waals surface area contributed by atoms with E-state index in [0.29, 0.717) is 0 Å². The normalized spacial score (nSPS) is 17.7. The molecule has 7 heteroatoms. The fraction of sp³-hybridized carbons (Fsp3) is 0.429. The average Bonchev–Trinajstić information content (AvgIpc) is 2.98. The highest BCUT2D eigenvalue weighted by molar-refractivity contribution is 5.83. The van der Waals surface area contributed by atoms with Crippen molar-refractivity contribution < 1.29 is 0 Å². The topological polar surface area (TPSA) is 96.7 Å². The van der Waals surface area contributed by atoms with Gasteiger partial charge in [-0.25, -0.2) is 0 Å². The van der Waals surface area contributed by atoms with Crippen LogP contribution in [0.1, 0.15) is 19.8 Å². The van der Waals surface area contributed by atoms with Gasteiger partial charge in [-0.2, -0.15) is 4.68 Å². The van der Waals surface area contributed by atoms with Crippen molar-refractivity contribution in [1.82, 2.24) is 20.2 Å². The molecule has 7 nitrogen and oxygen atoms in total. The highest BCUT2D eigenvalue weighted by Gasteiger charge is 2.34. The Kier molecular flexibility index (Phi) is 3.32. The molecule has 110 valence electrons. The maximum Gasteiger partial charge on any atom is 0.250 e. The zero-order chi connectivity index (χ0) is 14.9. The van der Waals surface area contributed by atoms with Gasteiger partial charge in [0.25, 0.3) is 0 Å². The van der Waals surface area contributed by atoms with E-state index < -0.39 is 0 Å². The van der Waals surface area contributed by atoms with Gasteiger partial charge in [0.2, 0.25) is 5.95 Å². The van der Waals surface area contributed by atoms with Crippen LogP contribution in [-0.4, -0.2) is 39.1 Å². The average molecular weight is 285 g/mol. The van der Waals surface area contributed by atoms with Crippen molar-refractivity contribution in [2.75, 3.05) is 18.0 Å². The highest BCUT2D eigenvalue weighted by Crippen LogP contribution is 2.32. The molecule has 0 saturated carbocycles. The molecule has 1 aromatic carbocycles. The molecule has 0 amide bonds. The minimum atomic E-state index is -0.207. The van der Waals surface area contributed by atoms with Gasteiger partial charge < -0.3 is 10.6 Å². The Bertz CT molecular complexity index is 626. The molecule has 1 saturated heterocycles. The first-order valence-electron chi connectivity index (χ1n) is 7.03. The number of hydrogen-bond acceptors (Lipinski definition) is 5. The van der Waals surface area contributed by atoms with Gasteiger partial charge in [0, 0.05) is 18.5 Å². The summed E-state index contributed by atoms with van der Waals surface area (Å²) in [5.74, 6) is 1.01. The molecule has 1 aliphatic rings. The van der Waals surface area contributed by atoms with Crippen molar-refractivity contribution in [2.24, 2.45) is 11.1 Å². The van der Waals surface area contributed by atoms with E-state index in [-0.39, 0.29) is 11.3 Å². The number of anilines is 1. The van der Waals surface area contributed by atoms with E-state index in [1.807, 2.05) is 37.3 Å². The first-order valence-corrected chi connectivity index (χ1v) is 7.03. The zero-order valence-corrected chi connectivity index (χ0v) is 12.0. The number of nitrogens with zero attached hydrogens (tertiary/aromatic N) is 5. The number of nitrogens with one attached hydrogen (secondary N) is 1. The standard InChI is InChI=1S/C14H19N7/c1-14(12(15)16)7-9-20(10-8-14)13-17-18-19-21(13)11-5-3-2-4-6-11/h2-6H,7-10H2,1H3,(H3,15,16). The molecule has 0 unspecified atom stereocenters. The molecule has 1 aromatic heterocycles. The first kappa shape index (κ1) is 13.5. The SMILES string of the molecule is CC1(C(=N)N)CCN(c2nnnn2-c2ccccc2)CC1. The Morgan fingerprint density at radius 1 is 1.24 bits per heavy atom. The summed E-state index contributed by atoms with van der Waals surface area (Å²) in [6.45, 7) is 3.64. The number of para-hydroxylation sites is 1. The van der Waals surface area contributed by atoms with E-state index in [9.17, 15) is 0 Å². The van der Waals surface area contributed by atoms with Gasteiger partial charge in [0.15, 0.2) is 0 Å². The Hall–Kier alpha value is -2.44. The zero-order valence-electron chi connectivity index (χ0n) is 12.0. The summed E-state index contributed by atoms with van der Waals surface area (Å²) >= 11 is 0. The number of rotatable bonds is 3. The van der Waals surface area contributed by atoms with E-state index >= 15 is 0 Å². The highest BCUT2D eigenvalue weighted by atomic mass is 15.6. The quantitative estimate of drug-likeness (QED) is 0.652. The summed E-state index contributed by atoms with van der Waals surface area (Å²) in [5, 5.41) is 19.7. The van der Waals surface area contributed by atoms with Crippen LogP contribution in [0.25, 0.3) is 5.69 Å². The molecule has 0 aliphatic carbocycles. The molecular weight excluding hydrogens is 266 g/mol. The fourth-order valence-electron chi connectivity index (χ4n) is 2.59. The van der Waals surface area contributed by atoms with Crippen molar-refractivity contribution in [3.05, 3.63) is 30.3 Å². The maximum absolute atomic E-state index is 7.72. The van der Waals surface area contributed by atoms with Crippen LogP contribution >= 0.6 is 0 Å². The number of benzene rings is 1. The van der Waals surface area contributed by atoms with Gasteiger partial charge >= 0.3 is 0 Å². The van der Waals surface area contributed by atoms with Crippen molar-refractivity contribution in [2.45, 2.75) is 19.8 Å². The smallest absolute Gasteiger partial charge is 0.250 e. The molecule has 2 heterocycles. The third-order valence-electron chi connectivity index (χ3n) is 4.25. The van der Waals surface area contributed by atoms with E-state index in [1.54, 1.807) is 4.68 Å². The Morgan fingerprint density at radius 2 is 1.90 bits per heavy atom. The summed E-state index contributed by atoms with van der Waals surface area (Å²) in [5.41, 5.74) is 6.44.